The third-order valence-electron chi connectivity index (χ3n) is 5.84. The van der Waals surface area contributed by atoms with Gasteiger partial charge in [-0.3, -0.25) is 24.3 Å². The van der Waals surface area contributed by atoms with Crippen molar-refractivity contribution in [1.82, 2.24) is 19.3 Å². The van der Waals surface area contributed by atoms with Gasteiger partial charge in [-0.05, 0) is 31.0 Å². The monoisotopic (exact) mass is 476 g/mol. The molecule has 1 N–H and O–H groups in total. The molecule has 0 saturated carbocycles. The van der Waals surface area contributed by atoms with Gasteiger partial charge < -0.3 is 5.32 Å². The summed E-state index contributed by atoms with van der Waals surface area (Å²) < 4.78 is 3.22. The van der Waals surface area contributed by atoms with Gasteiger partial charge in [0.05, 0.1) is 28.5 Å². The summed E-state index contributed by atoms with van der Waals surface area (Å²) >= 11 is 1.42. The van der Waals surface area contributed by atoms with Gasteiger partial charge in [0.1, 0.15) is 5.39 Å². The molecule has 1 aliphatic heterocycles. The minimum atomic E-state index is -0.507. The van der Waals surface area contributed by atoms with Crippen LogP contribution in [-0.4, -0.2) is 35.9 Å². The van der Waals surface area contributed by atoms with Crippen LogP contribution in [0.4, 0.5) is 11.4 Å². The van der Waals surface area contributed by atoms with E-state index in [2.05, 4.69) is 10.4 Å². The second kappa shape index (κ2) is 8.41. The van der Waals surface area contributed by atoms with Gasteiger partial charge >= 0.3 is 0 Å². The fraction of sp³-hybridized carbons (Fsp3) is 0.217. The number of aromatic nitrogens is 4. The summed E-state index contributed by atoms with van der Waals surface area (Å²) in [6.07, 6.45) is 1.55. The zero-order chi connectivity index (χ0) is 24.0. The van der Waals surface area contributed by atoms with Crippen LogP contribution in [0.25, 0.3) is 16.7 Å². The zero-order valence-electron chi connectivity index (χ0n) is 18.4. The number of non-ortho nitro benzene ring substituents is 1. The van der Waals surface area contributed by atoms with Crippen LogP contribution in [0, 0.1) is 24.0 Å². The number of nitrogens with zero attached hydrogens (tertiary/aromatic N) is 5. The lowest BCUT2D eigenvalue weighted by molar-refractivity contribution is -0.384. The van der Waals surface area contributed by atoms with Crippen molar-refractivity contribution >= 4 is 40.1 Å². The maximum atomic E-state index is 13.3. The van der Waals surface area contributed by atoms with Crippen LogP contribution >= 0.6 is 11.8 Å². The lowest BCUT2D eigenvalue weighted by Crippen LogP contribution is -2.28. The molecule has 0 bridgehead atoms. The number of thioether (sulfide) groups is 1. The minimum absolute atomic E-state index is 0.0428. The number of benzene rings is 2. The van der Waals surface area contributed by atoms with E-state index in [4.69, 9.17) is 4.98 Å². The largest absolute Gasteiger partial charge is 0.326 e. The van der Waals surface area contributed by atoms with Crippen LogP contribution in [0.3, 0.4) is 0 Å². The molecule has 0 radical (unpaired) electrons. The molecule has 2 aromatic carbocycles. The number of aryl methyl sites for hydroxylation is 2. The molecule has 1 amide bonds. The van der Waals surface area contributed by atoms with Crippen molar-refractivity contribution in [2.45, 2.75) is 31.5 Å². The summed E-state index contributed by atoms with van der Waals surface area (Å²) in [5, 5.41) is 19.1. The predicted molar refractivity (Wildman–Crippen MR) is 129 cm³/mol. The van der Waals surface area contributed by atoms with Crippen LogP contribution in [0.15, 0.2) is 58.6 Å². The summed E-state index contributed by atoms with van der Waals surface area (Å²) in [7, 11) is 0. The van der Waals surface area contributed by atoms with E-state index in [1.807, 2.05) is 31.2 Å². The Morgan fingerprint density at radius 1 is 1.24 bits per heavy atom. The molecule has 172 valence electrons. The smallest absolute Gasteiger partial charge is 0.271 e. The molecule has 0 saturated heterocycles. The van der Waals surface area contributed by atoms with Crippen molar-refractivity contribution in [3.05, 3.63) is 80.3 Å². The van der Waals surface area contributed by atoms with Crippen molar-refractivity contribution in [2.24, 2.45) is 0 Å². The number of nitrogens with one attached hydrogen (secondary N) is 1. The van der Waals surface area contributed by atoms with E-state index >= 15 is 0 Å². The highest BCUT2D eigenvalue weighted by Gasteiger charge is 2.30. The average molecular weight is 477 g/mol. The first-order valence-electron chi connectivity index (χ1n) is 10.6. The second-order valence-corrected chi connectivity index (χ2v) is 9.11. The van der Waals surface area contributed by atoms with E-state index in [0.29, 0.717) is 33.2 Å². The summed E-state index contributed by atoms with van der Waals surface area (Å²) in [6.45, 7) is 3.73. The lowest BCUT2D eigenvalue weighted by atomic mass is 10.1. The fourth-order valence-electron chi connectivity index (χ4n) is 4.03. The zero-order valence-corrected chi connectivity index (χ0v) is 19.2. The molecule has 34 heavy (non-hydrogen) atoms. The van der Waals surface area contributed by atoms with Crippen molar-refractivity contribution in [2.75, 3.05) is 11.1 Å². The highest BCUT2D eigenvalue weighted by atomic mass is 32.2. The summed E-state index contributed by atoms with van der Waals surface area (Å²) in [6, 6.07) is 11.7. The Bertz CT molecular complexity index is 1530. The molecule has 3 heterocycles. The molecule has 11 heteroatoms. The number of hydrogen-bond donors (Lipinski definition) is 1. The van der Waals surface area contributed by atoms with Gasteiger partial charge in [-0.15, -0.1) is 0 Å². The van der Waals surface area contributed by atoms with E-state index in [9.17, 15) is 19.7 Å². The van der Waals surface area contributed by atoms with Gasteiger partial charge in [-0.25, -0.2) is 9.67 Å². The van der Waals surface area contributed by atoms with Crippen molar-refractivity contribution in [3.8, 4) is 5.69 Å². The van der Waals surface area contributed by atoms with Crippen LogP contribution in [0.2, 0.25) is 0 Å². The number of rotatable bonds is 5. The second-order valence-electron chi connectivity index (χ2n) is 8.12. The molecule has 10 nitrogen and oxygen atoms in total. The number of anilines is 1. The Kier molecular flexibility index (Phi) is 5.40. The van der Waals surface area contributed by atoms with Gasteiger partial charge in [0.25, 0.3) is 11.2 Å². The van der Waals surface area contributed by atoms with Crippen molar-refractivity contribution in [3.63, 3.8) is 0 Å². The van der Waals surface area contributed by atoms with Gasteiger partial charge in [0.15, 0.2) is 10.8 Å². The maximum absolute atomic E-state index is 13.3. The Labute approximate surface area is 197 Å². The standard InChI is InChI=1S/C23H20N6O4S/c1-13-7-8-15(29(32)33)9-18(13)25-20(30)10-16-12-34-23-26-21-17(22(31)27(16)23)11-24-28(21)19-6-4-3-5-14(19)2/h3-9,11,16H,10,12H2,1-2H3,(H,25,30). The van der Waals surface area contributed by atoms with Gasteiger partial charge in [-0.2, -0.15) is 5.10 Å². The maximum Gasteiger partial charge on any atom is 0.271 e. The number of amides is 1. The van der Waals surface area contributed by atoms with Gasteiger partial charge in [0, 0.05) is 24.3 Å². The fourth-order valence-corrected chi connectivity index (χ4v) is 5.16. The molecule has 1 aliphatic rings. The Hall–Kier alpha value is -3.99. The summed E-state index contributed by atoms with van der Waals surface area (Å²) in [5.74, 6) is 0.193. The first-order valence-corrected chi connectivity index (χ1v) is 11.6. The molecule has 1 unspecified atom stereocenters. The molecule has 1 atom stereocenters. The van der Waals surface area contributed by atoms with Crippen LogP contribution in [-0.2, 0) is 4.79 Å². The molecule has 0 spiro atoms. The van der Waals surface area contributed by atoms with E-state index in [0.717, 1.165) is 11.3 Å². The van der Waals surface area contributed by atoms with E-state index in [1.54, 1.807) is 22.2 Å². The normalized spacial score (nSPS) is 14.8. The van der Waals surface area contributed by atoms with Crippen LogP contribution in [0.1, 0.15) is 23.6 Å². The van der Waals surface area contributed by atoms with Crippen molar-refractivity contribution in [1.29, 1.82) is 0 Å². The average Bonchev–Trinajstić information content (AvgIpc) is 3.40. The number of nitro benzene ring substituents is 1. The molecular weight excluding hydrogens is 456 g/mol. The number of hydrogen-bond acceptors (Lipinski definition) is 7. The van der Waals surface area contributed by atoms with E-state index in [-0.39, 0.29) is 29.6 Å². The van der Waals surface area contributed by atoms with Crippen LogP contribution < -0.4 is 10.9 Å². The minimum Gasteiger partial charge on any atom is -0.326 e. The summed E-state index contributed by atoms with van der Waals surface area (Å²) in [5.41, 5.74) is 3.09. The SMILES string of the molecule is Cc1ccc([N+](=O)[O-])cc1NC(=O)CC1CSc2nc3c(cnn3-c3ccccc3C)c(=O)n21. The third-order valence-corrected chi connectivity index (χ3v) is 6.94. The highest BCUT2D eigenvalue weighted by molar-refractivity contribution is 7.99. The quantitative estimate of drug-likeness (QED) is 0.264. The first-order chi connectivity index (χ1) is 16.3. The predicted octanol–water partition coefficient (Wildman–Crippen LogP) is 3.78. The van der Waals surface area contributed by atoms with Crippen molar-refractivity contribution < 1.29 is 9.72 Å². The number of carbonyl (C=O) groups excluding carboxylic acids is 1. The lowest BCUT2D eigenvalue weighted by Gasteiger charge is -2.14. The van der Waals surface area contributed by atoms with Gasteiger partial charge in [0.2, 0.25) is 5.91 Å². The first kappa shape index (κ1) is 21.8. The topological polar surface area (TPSA) is 125 Å². The van der Waals surface area contributed by atoms with E-state index < -0.39 is 4.92 Å². The molecular formula is C23H20N6O4S. The molecule has 0 fully saturated rings. The molecule has 0 aliphatic carbocycles. The molecule has 5 rings (SSSR count). The Morgan fingerprint density at radius 3 is 2.79 bits per heavy atom. The Balaban J connectivity index is 1.44. The number of carbonyl (C=O) groups is 1. The number of fused-ring (bicyclic) bond motifs is 2. The summed E-state index contributed by atoms with van der Waals surface area (Å²) in [4.78, 5) is 41.3. The number of para-hydroxylation sites is 1. The van der Waals surface area contributed by atoms with Crippen LogP contribution in [0.5, 0.6) is 0 Å². The molecule has 2 aromatic heterocycles. The number of nitro groups is 1. The van der Waals surface area contributed by atoms with E-state index in [1.165, 1.54) is 30.1 Å². The third kappa shape index (κ3) is 3.73. The van der Waals surface area contributed by atoms with Gasteiger partial charge in [-0.1, -0.05) is 36.0 Å². The molecule has 4 aromatic rings. The Morgan fingerprint density at radius 2 is 2.03 bits per heavy atom. The highest BCUT2D eigenvalue weighted by Crippen LogP contribution is 2.34.